The molecular formula is C44H26O. The fourth-order valence-electron chi connectivity index (χ4n) is 7.11. The van der Waals surface area contributed by atoms with Gasteiger partial charge < -0.3 is 4.42 Å². The van der Waals surface area contributed by atoms with E-state index in [1.807, 2.05) is 109 Å². The van der Waals surface area contributed by atoms with E-state index < -0.39 is 24.2 Å². The highest BCUT2D eigenvalue weighted by molar-refractivity contribution is 6.26. The first-order valence-electron chi connectivity index (χ1n) is 18.9. The maximum atomic E-state index is 9.42. The molecule has 0 bridgehead atoms. The van der Waals surface area contributed by atoms with Gasteiger partial charge in [0.05, 0.1) is 11.0 Å². The molecule has 0 radical (unpaired) electrons. The second kappa shape index (κ2) is 9.29. The largest absolute Gasteiger partial charge is 0.455 e. The Morgan fingerprint density at radius 1 is 0.422 bits per heavy atom. The lowest BCUT2D eigenvalue weighted by molar-refractivity contribution is 0.673. The van der Waals surface area contributed by atoms with Gasteiger partial charge in [-0.2, -0.15) is 0 Å². The maximum absolute atomic E-state index is 9.42. The third-order valence-electron chi connectivity index (χ3n) is 9.07. The fraction of sp³-hybridized carbons (Fsp3) is 0. The Hall–Kier alpha value is -5.92. The van der Waals surface area contributed by atoms with Crippen molar-refractivity contribution in [2.45, 2.75) is 0 Å². The predicted molar refractivity (Wildman–Crippen MR) is 192 cm³/mol. The summed E-state index contributed by atoms with van der Waals surface area (Å²) in [7, 11) is 0. The molecule has 1 heterocycles. The summed E-state index contributed by atoms with van der Waals surface area (Å²) in [5, 5.41) is 8.03. The molecule has 0 amide bonds. The minimum absolute atomic E-state index is 0.168. The van der Waals surface area contributed by atoms with Gasteiger partial charge in [0.15, 0.2) is 0 Å². The van der Waals surface area contributed by atoms with E-state index in [9.17, 15) is 5.48 Å². The van der Waals surface area contributed by atoms with E-state index in [-0.39, 0.29) is 51.3 Å². The average molecular weight is 579 g/mol. The first-order chi connectivity index (χ1) is 25.7. The number of fused-ring (bicyclic) bond motifs is 10. The smallest absolute Gasteiger partial charge is 0.143 e. The van der Waals surface area contributed by atoms with Crippen molar-refractivity contribution in [1.29, 1.82) is 0 Å². The molecule has 0 spiro atoms. The van der Waals surface area contributed by atoms with E-state index in [0.717, 1.165) is 43.1 Å². The Morgan fingerprint density at radius 3 is 1.76 bits per heavy atom. The third kappa shape index (κ3) is 3.50. The van der Waals surface area contributed by atoms with Crippen molar-refractivity contribution in [3.05, 3.63) is 158 Å². The highest BCUT2D eigenvalue weighted by Gasteiger charge is 2.20. The molecule has 0 aliphatic heterocycles. The molecule has 0 saturated heterocycles. The molecule has 0 fully saturated rings. The molecule has 1 aromatic heterocycles. The number of rotatable bonds is 2. The quantitative estimate of drug-likeness (QED) is 0.147. The summed E-state index contributed by atoms with van der Waals surface area (Å²) in [5.41, 5.74) is 2.98. The van der Waals surface area contributed by atoms with E-state index >= 15 is 0 Å². The maximum Gasteiger partial charge on any atom is 0.143 e. The van der Waals surface area contributed by atoms with Crippen LogP contribution in [0.1, 0.15) is 11.0 Å². The molecule has 0 aliphatic carbocycles. The van der Waals surface area contributed by atoms with E-state index in [4.69, 9.17) is 9.90 Å². The molecule has 208 valence electrons. The van der Waals surface area contributed by atoms with E-state index in [0.29, 0.717) is 27.9 Å². The summed E-state index contributed by atoms with van der Waals surface area (Å²) in [4.78, 5) is 0. The summed E-state index contributed by atoms with van der Waals surface area (Å²) >= 11 is 0. The van der Waals surface area contributed by atoms with Crippen molar-refractivity contribution in [2.75, 3.05) is 0 Å². The summed E-state index contributed by atoms with van der Waals surface area (Å²) in [6.07, 6.45) is 0. The first-order valence-corrected chi connectivity index (χ1v) is 14.9. The minimum atomic E-state index is -0.436. The van der Waals surface area contributed by atoms with Gasteiger partial charge in [-0.1, -0.05) is 139 Å². The fourth-order valence-corrected chi connectivity index (χ4v) is 7.11. The topological polar surface area (TPSA) is 13.1 Å². The zero-order chi connectivity index (χ0) is 36.4. The van der Waals surface area contributed by atoms with E-state index in [1.54, 1.807) is 0 Å². The monoisotopic (exact) mass is 578 g/mol. The molecule has 10 rings (SSSR count). The first kappa shape index (κ1) is 18.0. The average Bonchev–Trinajstić information content (AvgIpc) is 3.57. The zero-order valence-corrected chi connectivity index (χ0v) is 23.8. The van der Waals surface area contributed by atoms with Crippen LogP contribution in [0.2, 0.25) is 0 Å². The zero-order valence-electron chi connectivity index (χ0n) is 31.8. The second-order valence-corrected chi connectivity index (χ2v) is 11.4. The molecule has 45 heavy (non-hydrogen) atoms. The summed E-state index contributed by atoms with van der Waals surface area (Å²) in [6, 6.07) is 32.3. The van der Waals surface area contributed by atoms with Crippen LogP contribution in [-0.2, 0) is 0 Å². The summed E-state index contributed by atoms with van der Waals surface area (Å²) < 4.78 is 79.5. The number of hydrogen-bond donors (Lipinski definition) is 0. The molecule has 0 saturated carbocycles. The lowest BCUT2D eigenvalue weighted by Crippen LogP contribution is -1.92. The van der Waals surface area contributed by atoms with Crippen LogP contribution in [0.3, 0.4) is 0 Å². The van der Waals surface area contributed by atoms with E-state index in [2.05, 4.69) is 0 Å². The van der Waals surface area contributed by atoms with Crippen LogP contribution in [0.4, 0.5) is 0 Å². The third-order valence-corrected chi connectivity index (χ3v) is 9.07. The van der Waals surface area contributed by atoms with Crippen LogP contribution in [0.15, 0.2) is 162 Å². The highest BCUT2D eigenvalue weighted by Crippen LogP contribution is 2.47. The molecule has 10 aromatic rings. The summed E-state index contributed by atoms with van der Waals surface area (Å²) in [6.45, 7) is 0. The predicted octanol–water partition coefficient (Wildman–Crippen LogP) is 12.7. The van der Waals surface area contributed by atoms with Crippen molar-refractivity contribution in [2.24, 2.45) is 0 Å². The molecule has 1 heteroatoms. The second-order valence-electron chi connectivity index (χ2n) is 11.4. The molecule has 0 N–H and O–H groups in total. The molecule has 0 atom stereocenters. The van der Waals surface area contributed by atoms with Crippen LogP contribution in [0.25, 0.3) is 98.1 Å². The van der Waals surface area contributed by atoms with Gasteiger partial charge in [-0.15, -0.1) is 0 Å². The Bertz CT molecular complexity index is 3190. The normalized spacial score (nSPS) is 14.5. The van der Waals surface area contributed by atoms with Crippen LogP contribution in [-0.4, -0.2) is 0 Å². The van der Waals surface area contributed by atoms with Crippen molar-refractivity contribution < 1.29 is 15.4 Å². The minimum Gasteiger partial charge on any atom is -0.455 e. The Morgan fingerprint density at radius 2 is 1.00 bits per heavy atom. The van der Waals surface area contributed by atoms with Gasteiger partial charge in [-0.25, -0.2) is 0 Å². The van der Waals surface area contributed by atoms with Crippen LogP contribution < -0.4 is 0 Å². The van der Waals surface area contributed by atoms with Gasteiger partial charge in [0.1, 0.15) is 11.2 Å². The lowest BCUT2D eigenvalue weighted by Gasteiger charge is -2.19. The Labute approximate surface area is 270 Å². The molecule has 0 aliphatic rings. The van der Waals surface area contributed by atoms with Gasteiger partial charge in [0, 0.05) is 16.2 Å². The number of benzene rings is 9. The van der Waals surface area contributed by atoms with Crippen LogP contribution >= 0.6 is 0 Å². The molecule has 9 aromatic carbocycles. The van der Waals surface area contributed by atoms with Gasteiger partial charge in [-0.05, 0) is 88.9 Å². The molecular weight excluding hydrogens is 544 g/mol. The highest BCUT2D eigenvalue weighted by atomic mass is 16.3. The molecule has 1 nitrogen and oxygen atoms in total. The van der Waals surface area contributed by atoms with Crippen molar-refractivity contribution in [3.63, 3.8) is 0 Å². The summed E-state index contributed by atoms with van der Waals surface area (Å²) in [5.74, 6) is 0. The SMILES string of the molecule is [2H]c1c([2H])c([2H])c2c(-c3cccc4ccc5ccccc5c34)c3c([2H])c([2H])c([2H])c([2H])c3c(-c3ccc4c(c3)oc3c5ccccc5ccc43)c2c1[2H]. The van der Waals surface area contributed by atoms with Crippen LogP contribution in [0.5, 0.6) is 0 Å². The van der Waals surface area contributed by atoms with Crippen LogP contribution in [0, 0.1) is 0 Å². The number of hydrogen-bond acceptors (Lipinski definition) is 1. The lowest BCUT2D eigenvalue weighted by atomic mass is 9.84. The van der Waals surface area contributed by atoms with Gasteiger partial charge >= 0.3 is 0 Å². The van der Waals surface area contributed by atoms with Crippen molar-refractivity contribution in [3.8, 4) is 22.3 Å². The van der Waals surface area contributed by atoms with Gasteiger partial charge in [0.25, 0.3) is 0 Å². The number of furan rings is 1. The van der Waals surface area contributed by atoms with Crippen molar-refractivity contribution >= 4 is 75.8 Å². The standard InChI is InChI=1S/C44H26O/c1-3-13-31-27(10-1)20-21-29-12-9-19-39(41(29)31)43-36-17-7-5-15-34(36)42(35-16-6-8-18-37(35)43)30-23-24-33-38-25-22-28-11-2-4-14-32(28)44(38)45-40(33)26-30/h1-26H/i5D,6D,7D,8D,15D,16D,17D,18D. The Kier molecular flexibility index (Phi) is 3.72. The van der Waals surface area contributed by atoms with Gasteiger partial charge in [-0.3, -0.25) is 0 Å². The van der Waals surface area contributed by atoms with Crippen molar-refractivity contribution in [1.82, 2.24) is 0 Å². The van der Waals surface area contributed by atoms with E-state index in [1.165, 1.54) is 0 Å². The molecule has 0 unspecified atom stereocenters. The Balaban J connectivity index is 1.45. The van der Waals surface area contributed by atoms with Gasteiger partial charge in [0.2, 0.25) is 0 Å².